The Labute approximate surface area is 131 Å². The van der Waals surface area contributed by atoms with Crippen molar-refractivity contribution in [1.82, 2.24) is 9.97 Å². The van der Waals surface area contributed by atoms with Crippen LogP contribution < -0.4 is 14.8 Å². The molecule has 5 nitrogen and oxygen atoms in total. The lowest BCUT2D eigenvalue weighted by Crippen LogP contribution is -2.10. The zero-order valence-corrected chi connectivity index (χ0v) is 13.6. The summed E-state index contributed by atoms with van der Waals surface area (Å²) >= 11 is 0. The van der Waals surface area contributed by atoms with Crippen molar-refractivity contribution in [2.75, 3.05) is 19.5 Å². The minimum atomic E-state index is 0.125. The van der Waals surface area contributed by atoms with Crippen LogP contribution in [0.25, 0.3) is 0 Å². The van der Waals surface area contributed by atoms with E-state index in [9.17, 15) is 0 Å². The van der Waals surface area contributed by atoms with Gasteiger partial charge in [0.05, 0.1) is 14.2 Å². The van der Waals surface area contributed by atoms with Crippen molar-refractivity contribution in [1.29, 1.82) is 0 Å². The van der Waals surface area contributed by atoms with Gasteiger partial charge in [0.1, 0.15) is 17.4 Å². The number of hydrogen-bond acceptors (Lipinski definition) is 5. The van der Waals surface area contributed by atoms with E-state index in [0.717, 1.165) is 35.8 Å². The Bertz CT molecular complexity index is 599. The van der Waals surface area contributed by atoms with E-state index in [1.807, 2.05) is 30.3 Å². The van der Waals surface area contributed by atoms with Gasteiger partial charge in [-0.3, -0.25) is 0 Å². The number of nitrogens with zero attached hydrogens (tertiary/aromatic N) is 2. The largest absolute Gasteiger partial charge is 0.497 e. The summed E-state index contributed by atoms with van der Waals surface area (Å²) in [6, 6.07) is 9.94. The molecule has 0 bridgehead atoms. The van der Waals surface area contributed by atoms with E-state index in [1.165, 1.54) is 0 Å². The summed E-state index contributed by atoms with van der Waals surface area (Å²) in [5.41, 5.74) is 1.16. The van der Waals surface area contributed by atoms with E-state index in [4.69, 9.17) is 9.47 Å². The second kappa shape index (κ2) is 7.64. The van der Waals surface area contributed by atoms with Crippen LogP contribution in [0.4, 0.5) is 5.82 Å². The fraction of sp³-hybridized carbons (Fsp3) is 0.412. The van der Waals surface area contributed by atoms with E-state index >= 15 is 0 Å². The van der Waals surface area contributed by atoms with Gasteiger partial charge in [0.2, 0.25) is 5.88 Å². The van der Waals surface area contributed by atoms with Crippen LogP contribution in [-0.4, -0.2) is 24.2 Å². The van der Waals surface area contributed by atoms with Crippen molar-refractivity contribution in [2.45, 2.75) is 32.7 Å². The molecular formula is C17H23N3O2. The average Bonchev–Trinajstić information content (AvgIpc) is 2.55. The van der Waals surface area contributed by atoms with Crippen LogP contribution in [0.2, 0.25) is 0 Å². The number of aryl methyl sites for hydroxylation is 1. The summed E-state index contributed by atoms with van der Waals surface area (Å²) in [5, 5.41) is 3.40. The lowest BCUT2D eigenvalue weighted by molar-refractivity contribution is 0.395. The Hall–Kier alpha value is -2.30. The SMILES string of the molecule is CCCc1nc(NC(C)c2ccc(OC)cc2)cc(OC)n1. The third-order valence-corrected chi connectivity index (χ3v) is 3.41. The molecule has 0 aliphatic heterocycles. The smallest absolute Gasteiger partial charge is 0.218 e. The molecule has 2 aromatic rings. The number of methoxy groups -OCH3 is 2. The zero-order chi connectivity index (χ0) is 15.9. The Kier molecular flexibility index (Phi) is 5.58. The molecule has 0 amide bonds. The number of benzene rings is 1. The van der Waals surface area contributed by atoms with Crippen LogP contribution in [-0.2, 0) is 6.42 Å². The lowest BCUT2D eigenvalue weighted by atomic mass is 10.1. The lowest BCUT2D eigenvalue weighted by Gasteiger charge is -2.16. The molecule has 1 N–H and O–H groups in total. The maximum absolute atomic E-state index is 5.25. The van der Waals surface area contributed by atoms with Crippen LogP contribution in [0.15, 0.2) is 30.3 Å². The molecule has 1 heterocycles. The fourth-order valence-corrected chi connectivity index (χ4v) is 2.18. The topological polar surface area (TPSA) is 56.3 Å². The Morgan fingerprint density at radius 1 is 1.09 bits per heavy atom. The molecular weight excluding hydrogens is 278 g/mol. The highest BCUT2D eigenvalue weighted by molar-refractivity contribution is 5.42. The molecule has 1 unspecified atom stereocenters. The van der Waals surface area contributed by atoms with Gasteiger partial charge < -0.3 is 14.8 Å². The first kappa shape index (κ1) is 16.1. The summed E-state index contributed by atoms with van der Waals surface area (Å²) in [4.78, 5) is 8.90. The van der Waals surface area contributed by atoms with Crippen molar-refractivity contribution in [3.63, 3.8) is 0 Å². The molecule has 22 heavy (non-hydrogen) atoms. The molecule has 0 aliphatic rings. The quantitative estimate of drug-likeness (QED) is 0.846. The normalized spacial score (nSPS) is 11.8. The Morgan fingerprint density at radius 3 is 2.41 bits per heavy atom. The van der Waals surface area contributed by atoms with Gasteiger partial charge >= 0.3 is 0 Å². The molecule has 0 fully saturated rings. The van der Waals surface area contributed by atoms with E-state index in [-0.39, 0.29) is 6.04 Å². The van der Waals surface area contributed by atoms with Crippen molar-refractivity contribution in [3.8, 4) is 11.6 Å². The van der Waals surface area contributed by atoms with Gasteiger partial charge in [0.25, 0.3) is 0 Å². The predicted molar refractivity (Wildman–Crippen MR) is 87.6 cm³/mol. The van der Waals surface area contributed by atoms with Crippen LogP contribution in [0.3, 0.4) is 0 Å². The van der Waals surface area contributed by atoms with Gasteiger partial charge in [-0.25, -0.2) is 4.98 Å². The molecule has 1 aromatic heterocycles. The molecule has 0 saturated carbocycles. The zero-order valence-electron chi connectivity index (χ0n) is 13.6. The van der Waals surface area contributed by atoms with Gasteiger partial charge in [0.15, 0.2) is 0 Å². The van der Waals surface area contributed by atoms with Crippen molar-refractivity contribution < 1.29 is 9.47 Å². The number of anilines is 1. The first-order chi connectivity index (χ1) is 10.7. The number of hydrogen-bond donors (Lipinski definition) is 1. The maximum Gasteiger partial charge on any atom is 0.218 e. The number of ether oxygens (including phenoxy) is 2. The number of nitrogens with one attached hydrogen (secondary N) is 1. The Morgan fingerprint density at radius 2 is 1.82 bits per heavy atom. The first-order valence-corrected chi connectivity index (χ1v) is 7.48. The molecule has 2 rings (SSSR count). The van der Waals surface area contributed by atoms with Crippen LogP contribution in [0.5, 0.6) is 11.6 Å². The number of rotatable bonds is 7. The monoisotopic (exact) mass is 301 g/mol. The molecule has 118 valence electrons. The minimum Gasteiger partial charge on any atom is -0.497 e. The van der Waals surface area contributed by atoms with Gasteiger partial charge in [-0.15, -0.1) is 0 Å². The van der Waals surface area contributed by atoms with Crippen LogP contribution >= 0.6 is 0 Å². The molecule has 0 spiro atoms. The molecule has 1 aromatic carbocycles. The minimum absolute atomic E-state index is 0.125. The number of aromatic nitrogens is 2. The second-order valence-corrected chi connectivity index (χ2v) is 5.10. The molecule has 0 radical (unpaired) electrons. The second-order valence-electron chi connectivity index (χ2n) is 5.10. The first-order valence-electron chi connectivity index (χ1n) is 7.48. The molecule has 5 heteroatoms. The van der Waals surface area contributed by atoms with Crippen molar-refractivity contribution in [3.05, 3.63) is 41.7 Å². The van der Waals surface area contributed by atoms with Crippen molar-refractivity contribution in [2.24, 2.45) is 0 Å². The highest BCUT2D eigenvalue weighted by atomic mass is 16.5. The van der Waals surface area contributed by atoms with Gasteiger partial charge in [0, 0.05) is 18.5 Å². The summed E-state index contributed by atoms with van der Waals surface area (Å²) in [5.74, 6) is 3.01. The maximum atomic E-state index is 5.25. The summed E-state index contributed by atoms with van der Waals surface area (Å²) in [6.45, 7) is 4.20. The van der Waals surface area contributed by atoms with E-state index in [0.29, 0.717) is 5.88 Å². The standard InChI is InChI=1S/C17H23N3O2/c1-5-6-15-19-16(11-17(20-15)22-4)18-12(2)13-7-9-14(21-3)10-8-13/h7-12H,5-6H2,1-4H3,(H,18,19,20). The Balaban J connectivity index is 2.15. The highest BCUT2D eigenvalue weighted by Gasteiger charge is 2.09. The summed E-state index contributed by atoms with van der Waals surface area (Å²) in [7, 11) is 3.29. The van der Waals surface area contributed by atoms with Gasteiger partial charge in [-0.2, -0.15) is 4.98 Å². The third kappa shape index (κ3) is 4.10. The van der Waals surface area contributed by atoms with E-state index in [1.54, 1.807) is 14.2 Å². The van der Waals surface area contributed by atoms with Gasteiger partial charge in [-0.05, 0) is 31.0 Å². The molecule has 0 aliphatic carbocycles. The average molecular weight is 301 g/mol. The highest BCUT2D eigenvalue weighted by Crippen LogP contribution is 2.22. The molecule has 0 saturated heterocycles. The van der Waals surface area contributed by atoms with Crippen LogP contribution in [0, 0.1) is 0 Å². The van der Waals surface area contributed by atoms with Crippen molar-refractivity contribution >= 4 is 5.82 Å². The summed E-state index contributed by atoms with van der Waals surface area (Å²) in [6.07, 6.45) is 1.84. The fourth-order valence-electron chi connectivity index (χ4n) is 2.18. The molecule has 1 atom stereocenters. The summed E-state index contributed by atoms with van der Waals surface area (Å²) < 4.78 is 10.4. The van der Waals surface area contributed by atoms with Crippen LogP contribution in [0.1, 0.15) is 37.7 Å². The van der Waals surface area contributed by atoms with E-state index < -0.39 is 0 Å². The van der Waals surface area contributed by atoms with E-state index in [2.05, 4.69) is 29.1 Å². The predicted octanol–water partition coefficient (Wildman–Crippen LogP) is 3.62. The van der Waals surface area contributed by atoms with Gasteiger partial charge in [-0.1, -0.05) is 19.1 Å². The third-order valence-electron chi connectivity index (χ3n) is 3.41.